The van der Waals surface area contributed by atoms with Gasteiger partial charge in [-0.3, -0.25) is 14.5 Å². The van der Waals surface area contributed by atoms with Gasteiger partial charge in [0.05, 0.1) is 12.0 Å². The first-order valence-electron chi connectivity index (χ1n) is 9.00. The number of nitrogens with zero attached hydrogens (tertiary/aromatic N) is 2. The zero-order valence-electron chi connectivity index (χ0n) is 14.4. The van der Waals surface area contributed by atoms with Gasteiger partial charge >= 0.3 is 0 Å². The van der Waals surface area contributed by atoms with Gasteiger partial charge < -0.3 is 0 Å². The fourth-order valence-corrected chi connectivity index (χ4v) is 3.77. The Balaban J connectivity index is 1.26. The zero-order valence-corrected chi connectivity index (χ0v) is 14.4. The Morgan fingerprint density at radius 1 is 0.880 bits per heavy atom. The Labute approximate surface area is 149 Å². The van der Waals surface area contributed by atoms with E-state index in [4.69, 9.17) is 4.84 Å². The van der Waals surface area contributed by atoms with E-state index in [0.717, 1.165) is 44.6 Å². The maximum absolute atomic E-state index is 12.6. The number of hydrogen-bond donors (Lipinski definition) is 0. The van der Waals surface area contributed by atoms with Gasteiger partial charge in [-0.25, -0.2) is 5.06 Å². The smallest absolute Gasteiger partial charge is 0.254 e. The summed E-state index contributed by atoms with van der Waals surface area (Å²) in [6.45, 7) is 4.13. The SMILES string of the molecule is O=C1N(OCc2ccccc2)CC12CCN(Cc1ccccc1)CC2. The molecule has 0 radical (unpaired) electrons. The third-order valence-corrected chi connectivity index (χ3v) is 5.42. The van der Waals surface area contributed by atoms with Crippen LogP contribution in [0.5, 0.6) is 0 Å². The maximum atomic E-state index is 12.6. The van der Waals surface area contributed by atoms with Crippen LogP contribution in [0, 0.1) is 5.41 Å². The van der Waals surface area contributed by atoms with Crippen molar-refractivity contribution >= 4 is 5.91 Å². The monoisotopic (exact) mass is 336 g/mol. The lowest BCUT2D eigenvalue weighted by atomic mass is 9.72. The van der Waals surface area contributed by atoms with E-state index in [1.807, 2.05) is 36.4 Å². The van der Waals surface area contributed by atoms with Gasteiger partial charge in [-0.15, -0.1) is 0 Å². The highest BCUT2D eigenvalue weighted by Gasteiger charge is 2.54. The molecule has 0 N–H and O–H groups in total. The van der Waals surface area contributed by atoms with Crippen LogP contribution in [0.4, 0.5) is 0 Å². The summed E-state index contributed by atoms with van der Waals surface area (Å²) >= 11 is 0. The predicted octanol–water partition coefficient (Wildman–Crippen LogP) is 3.24. The standard InChI is InChI=1S/C21H24N2O2/c24-20-21(17-23(20)25-16-19-9-5-2-6-10-19)11-13-22(14-12-21)15-18-7-3-1-4-8-18/h1-10H,11-17H2. The molecule has 2 aromatic rings. The summed E-state index contributed by atoms with van der Waals surface area (Å²) in [5, 5.41) is 1.56. The summed E-state index contributed by atoms with van der Waals surface area (Å²) in [6, 6.07) is 20.5. The van der Waals surface area contributed by atoms with Crippen LogP contribution in [-0.2, 0) is 22.8 Å². The second-order valence-electron chi connectivity index (χ2n) is 7.14. The second-order valence-corrected chi connectivity index (χ2v) is 7.14. The first-order chi connectivity index (χ1) is 12.3. The number of carbonyl (C=O) groups is 1. The molecule has 0 aliphatic carbocycles. The number of benzene rings is 2. The van der Waals surface area contributed by atoms with Crippen LogP contribution in [0.2, 0.25) is 0 Å². The van der Waals surface area contributed by atoms with Crippen molar-refractivity contribution < 1.29 is 9.63 Å². The van der Waals surface area contributed by atoms with Crippen LogP contribution in [0.3, 0.4) is 0 Å². The Hall–Kier alpha value is -2.17. The van der Waals surface area contributed by atoms with E-state index in [1.54, 1.807) is 5.06 Å². The van der Waals surface area contributed by atoms with Gasteiger partial charge in [-0.05, 0) is 37.1 Å². The summed E-state index contributed by atoms with van der Waals surface area (Å²) < 4.78 is 0. The molecule has 4 heteroatoms. The van der Waals surface area contributed by atoms with Crippen LogP contribution in [-0.4, -0.2) is 35.5 Å². The average Bonchev–Trinajstić information content (AvgIpc) is 2.68. The average molecular weight is 336 g/mol. The van der Waals surface area contributed by atoms with E-state index in [1.165, 1.54) is 5.56 Å². The quantitative estimate of drug-likeness (QED) is 0.786. The summed E-state index contributed by atoms with van der Waals surface area (Å²) in [4.78, 5) is 20.7. The first-order valence-corrected chi connectivity index (χ1v) is 9.00. The molecule has 4 nitrogen and oxygen atoms in total. The number of amides is 1. The predicted molar refractivity (Wildman–Crippen MR) is 96.3 cm³/mol. The van der Waals surface area contributed by atoms with Crippen LogP contribution >= 0.6 is 0 Å². The fourth-order valence-electron chi connectivity index (χ4n) is 3.77. The Morgan fingerprint density at radius 2 is 1.48 bits per heavy atom. The largest absolute Gasteiger partial charge is 0.299 e. The molecule has 130 valence electrons. The molecule has 0 atom stereocenters. The summed E-state index contributed by atoms with van der Waals surface area (Å²) in [5.74, 6) is 0.169. The Kier molecular flexibility index (Phi) is 4.55. The van der Waals surface area contributed by atoms with Gasteiger partial charge in [0.2, 0.25) is 0 Å². The van der Waals surface area contributed by atoms with E-state index in [9.17, 15) is 4.79 Å². The minimum absolute atomic E-state index is 0.169. The highest BCUT2D eigenvalue weighted by atomic mass is 16.7. The van der Waals surface area contributed by atoms with Crippen LogP contribution < -0.4 is 0 Å². The minimum atomic E-state index is -0.177. The van der Waals surface area contributed by atoms with Crippen molar-refractivity contribution in [3.05, 3.63) is 71.8 Å². The van der Waals surface area contributed by atoms with Crippen LogP contribution in [0.15, 0.2) is 60.7 Å². The molecule has 2 fully saturated rings. The number of hydrogen-bond acceptors (Lipinski definition) is 3. The van der Waals surface area contributed by atoms with Crippen molar-refractivity contribution in [1.29, 1.82) is 0 Å². The van der Waals surface area contributed by atoms with E-state index in [2.05, 4.69) is 29.2 Å². The number of piperidine rings is 1. The molecule has 2 aliphatic heterocycles. The lowest BCUT2D eigenvalue weighted by Crippen LogP contribution is -2.64. The third-order valence-electron chi connectivity index (χ3n) is 5.42. The normalized spacial score (nSPS) is 19.8. The van der Waals surface area contributed by atoms with Gasteiger partial charge in [-0.2, -0.15) is 0 Å². The molecule has 0 saturated carbocycles. The minimum Gasteiger partial charge on any atom is -0.299 e. The van der Waals surface area contributed by atoms with Crippen molar-refractivity contribution in [2.45, 2.75) is 26.0 Å². The molecule has 2 heterocycles. The summed E-state index contributed by atoms with van der Waals surface area (Å²) in [7, 11) is 0. The van der Waals surface area contributed by atoms with E-state index >= 15 is 0 Å². The van der Waals surface area contributed by atoms with Crippen molar-refractivity contribution in [2.75, 3.05) is 19.6 Å². The number of hydroxylamine groups is 2. The molecule has 0 aromatic heterocycles. The van der Waals surface area contributed by atoms with Crippen LogP contribution in [0.1, 0.15) is 24.0 Å². The first kappa shape index (κ1) is 16.3. The second kappa shape index (κ2) is 6.98. The Morgan fingerprint density at radius 3 is 2.08 bits per heavy atom. The Bertz CT molecular complexity index is 704. The molecule has 1 spiro atoms. The highest BCUT2D eigenvalue weighted by Crippen LogP contribution is 2.42. The topological polar surface area (TPSA) is 32.8 Å². The van der Waals surface area contributed by atoms with Gasteiger partial charge in [0.25, 0.3) is 5.91 Å². The van der Waals surface area contributed by atoms with Gasteiger partial charge in [0, 0.05) is 6.54 Å². The molecular weight excluding hydrogens is 312 g/mol. The molecule has 25 heavy (non-hydrogen) atoms. The molecule has 2 aromatic carbocycles. The number of likely N-dealkylation sites (tertiary alicyclic amines) is 1. The van der Waals surface area contributed by atoms with E-state index in [-0.39, 0.29) is 11.3 Å². The van der Waals surface area contributed by atoms with Crippen molar-refractivity contribution in [1.82, 2.24) is 9.96 Å². The third kappa shape index (κ3) is 3.46. The molecule has 0 unspecified atom stereocenters. The van der Waals surface area contributed by atoms with Gasteiger partial charge in [-0.1, -0.05) is 60.7 Å². The number of carbonyl (C=O) groups excluding carboxylic acids is 1. The van der Waals surface area contributed by atoms with Crippen molar-refractivity contribution in [3.8, 4) is 0 Å². The van der Waals surface area contributed by atoms with E-state index < -0.39 is 0 Å². The molecule has 4 rings (SSSR count). The molecule has 2 aliphatic rings. The van der Waals surface area contributed by atoms with Crippen molar-refractivity contribution in [3.63, 3.8) is 0 Å². The molecule has 1 amide bonds. The van der Waals surface area contributed by atoms with Gasteiger partial charge in [0.1, 0.15) is 6.61 Å². The van der Waals surface area contributed by atoms with Crippen LogP contribution in [0.25, 0.3) is 0 Å². The number of β-lactam (4-membered cyclic amide) rings is 1. The van der Waals surface area contributed by atoms with Crippen molar-refractivity contribution in [2.24, 2.45) is 5.41 Å². The van der Waals surface area contributed by atoms with Gasteiger partial charge in [0.15, 0.2) is 0 Å². The van der Waals surface area contributed by atoms with E-state index in [0.29, 0.717) is 6.61 Å². The summed E-state index contributed by atoms with van der Waals surface area (Å²) in [6.07, 6.45) is 1.87. The number of rotatable bonds is 5. The maximum Gasteiger partial charge on any atom is 0.254 e. The highest BCUT2D eigenvalue weighted by molar-refractivity contribution is 5.87. The molecule has 0 bridgehead atoms. The zero-order chi connectivity index (χ0) is 17.1. The molecular formula is C21H24N2O2. The molecule has 2 saturated heterocycles. The fraction of sp³-hybridized carbons (Fsp3) is 0.381. The lowest BCUT2D eigenvalue weighted by Gasteiger charge is -2.51. The summed E-state index contributed by atoms with van der Waals surface area (Å²) in [5.41, 5.74) is 2.25. The lowest BCUT2D eigenvalue weighted by molar-refractivity contribution is -0.248.